The maximum atomic E-state index is 12.6. The lowest BCUT2D eigenvalue weighted by molar-refractivity contribution is -0.115. The van der Waals surface area contributed by atoms with Gasteiger partial charge in [-0.1, -0.05) is 31.2 Å². The van der Waals surface area contributed by atoms with Crippen molar-refractivity contribution in [2.45, 2.75) is 39.7 Å². The number of methoxy groups -OCH3 is 1. The summed E-state index contributed by atoms with van der Waals surface area (Å²) in [5, 5.41) is 3.44. The Morgan fingerprint density at radius 3 is 2.66 bits per heavy atom. The van der Waals surface area contributed by atoms with Crippen molar-refractivity contribution in [3.8, 4) is 5.75 Å². The molecule has 2 heterocycles. The zero-order valence-corrected chi connectivity index (χ0v) is 20.0. The van der Waals surface area contributed by atoms with E-state index in [4.69, 9.17) is 4.74 Å². The Bertz CT molecular complexity index is 1130. The topological polar surface area (TPSA) is 53.9 Å². The fourth-order valence-electron chi connectivity index (χ4n) is 4.28. The molecule has 2 aliphatic heterocycles. The van der Waals surface area contributed by atoms with Crippen LogP contribution in [0.25, 0.3) is 11.6 Å². The van der Waals surface area contributed by atoms with Crippen molar-refractivity contribution >= 4 is 45.9 Å². The molecule has 4 rings (SSSR count). The second kappa shape index (κ2) is 8.87. The number of carbonyl (C=O) groups is 1. The van der Waals surface area contributed by atoms with Crippen molar-refractivity contribution in [2.75, 3.05) is 18.6 Å². The highest BCUT2D eigenvalue weighted by Crippen LogP contribution is 2.43. The van der Waals surface area contributed by atoms with Crippen molar-refractivity contribution < 1.29 is 9.53 Å². The number of para-hydroxylation sites is 1. The number of carbonyl (C=O) groups excluding carboxylic acids is 1. The van der Waals surface area contributed by atoms with Crippen LogP contribution in [0, 0.1) is 0 Å². The summed E-state index contributed by atoms with van der Waals surface area (Å²) in [6, 6.07) is 13.8. The first-order valence-electron chi connectivity index (χ1n) is 10.9. The minimum atomic E-state index is -0.148. The Hall–Kier alpha value is -2.99. The third-order valence-corrected chi connectivity index (χ3v) is 6.61. The number of amidine groups is 1. The number of thioether (sulfide) groups is 1. The van der Waals surface area contributed by atoms with Gasteiger partial charge >= 0.3 is 0 Å². The van der Waals surface area contributed by atoms with Crippen LogP contribution in [0.3, 0.4) is 0 Å². The monoisotopic (exact) mass is 447 g/mol. The highest BCUT2D eigenvalue weighted by Gasteiger charge is 2.32. The Morgan fingerprint density at radius 1 is 1.22 bits per heavy atom. The number of amides is 1. The minimum Gasteiger partial charge on any atom is -0.496 e. The molecule has 1 N–H and O–H groups in total. The molecule has 1 saturated heterocycles. The molecule has 2 aliphatic rings. The van der Waals surface area contributed by atoms with Crippen LogP contribution in [-0.2, 0) is 4.79 Å². The first kappa shape index (κ1) is 22.2. The molecule has 0 spiro atoms. The molecule has 32 heavy (non-hydrogen) atoms. The van der Waals surface area contributed by atoms with Gasteiger partial charge in [0.1, 0.15) is 5.75 Å². The Labute approximate surface area is 194 Å². The predicted octanol–water partition coefficient (Wildman–Crippen LogP) is 6.00. The number of aliphatic imine (C=N–C) groups is 1. The fourth-order valence-corrected chi connectivity index (χ4v) is 5.12. The number of ether oxygens (including phenoxy) is 1. The molecule has 2 aromatic carbocycles. The summed E-state index contributed by atoms with van der Waals surface area (Å²) in [4.78, 5) is 20.2. The standard InChI is InChI=1S/C26H29N3O2S/c1-6-12-29-21-15-22(31-5)18(13-20(21)17(2)16-26(29,3)4)14-23-24(30)28-25(32-23)27-19-10-8-7-9-11-19/h7-11,13-16H,6,12H2,1-5H3,(H,27,28,30)/b23-14+. The van der Waals surface area contributed by atoms with Crippen LogP contribution in [0.4, 0.5) is 11.4 Å². The molecule has 2 aromatic rings. The summed E-state index contributed by atoms with van der Waals surface area (Å²) in [5.74, 6) is 0.607. The Kier molecular flexibility index (Phi) is 6.15. The molecule has 5 nitrogen and oxygen atoms in total. The number of nitrogens with one attached hydrogen (secondary N) is 1. The Morgan fingerprint density at radius 2 is 1.97 bits per heavy atom. The van der Waals surface area contributed by atoms with Crippen LogP contribution >= 0.6 is 11.8 Å². The molecule has 1 fully saturated rings. The zero-order valence-electron chi connectivity index (χ0n) is 19.2. The van der Waals surface area contributed by atoms with Gasteiger partial charge < -0.3 is 15.0 Å². The normalized spacial score (nSPS) is 19.7. The maximum absolute atomic E-state index is 12.6. The third kappa shape index (κ3) is 4.32. The molecule has 1 amide bonds. The number of fused-ring (bicyclic) bond motifs is 1. The van der Waals surface area contributed by atoms with Crippen LogP contribution < -0.4 is 15.0 Å². The van der Waals surface area contributed by atoms with Crippen molar-refractivity contribution in [3.05, 3.63) is 64.6 Å². The van der Waals surface area contributed by atoms with Crippen molar-refractivity contribution in [2.24, 2.45) is 4.99 Å². The van der Waals surface area contributed by atoms with Crippen molar-refractivity contribution in [1.82, 2.24) is 5.32 Å². The summed E-state index contributed by atoms with van der Waals surface area (Å²) in [6.45, 7) is 9.79. The summed E-state index contributed by atoms with van der Waals surface area (Å²) in [5.41, 5.74) is 5.20. The largest absolute Gasteiger partial charge is 0.496 e. The number of hydrogen-bond acceptors (Lipinski definition) is 5. The van der Waals surface area contributed by atoms with E-state index in [2.05, 4.69) is 61.1 Å². The minimum absolute atomic E-state index is 0.0674. The van der Waals surface area contributed by atoms with Gasteiger partial charge in [-0.2, -0.15) is 0 Å². The molecule has 166 valence electrons. The Balaban J connectivity index is 1.72. The van der Waals surface area contributed by atoms with Crippen LogP contribution in [0.1, 0.15) is 45.2 Å². The average molecular weight is 448 g/mol. The number of benzene rings is 2. The first-order chi connectivity index (χ1) is 15.3. The van der Waals surface area contributed by atoms with E-state index in [0.717, 1.165) is 30.0 Å². The SMILES string of the molecule is CCCN1c2cc(OC)c(/C=C3/SC(=Nc4ccccc4)NC3=O)cc2C(C)=CC1(C)C. The average Bonchev–Trinajstić information content (AvgIpc) is 3.09. The molecule has 0 saturated carbocycles. The van der Waals surface area contributed by atoms with Gasteiger partial charge in [-0.25, -0.2) is 4.99 Å². The fraction of sp³-hybridized carbons (Fsp3) is 0.308. The van der Waals surface area contributed by atoms with Crippen LogP contribution in [-0.4, -0.2) is 30.3 Å². The van der Waals surface area contributed by atoms with Gasteiger partial charge in [0.25, 0.3) is 5.91 Å². The molecule has 0 bridgehead atoms. The van der Waals surface area contributed by atoms with Gasteiger partial charge in [0.2, 0.25) is 0 Å². The van der Waals surface area contributed by atoms with E-state index >= 15 is 0 Å². The highest BCUT2D eigenvalue weighted by molar-refractivity contribution is 8.18. The van der Waals surface area contributed by atoms with Crippen LogP contribution in [0.2, 0.25) is 0 Å². The van der Waals surface area contributed by atoms with E-state index < -0.39 is 0 Å². The molecular weight excluding hydrogens is 418 g/mol. The van der Waals surface area contributed by atoms with Crippen molar-refractivity contribution in [3.63, 3.8) is 0 Å². The van der Waals surface area contributed by atoms with E-state index in [1.807, 2.05) is 36.4 Å². The van der Waals surface area contributed by atoms with E-state index in [-0.39, 0.29) is 11.4 Å². The lowest BCUT2D eigenvalue weighted by atomic mass is 9.87. The van der Waals surface area contributed by atoms with Gasteiger partial charge in [0, 0.05) is 29.4 Å². The van der Waals surface area contributed by atoms with Gasteiger partial charge in [0.05, 0.1) is 23.2 Å². The quantitative estimate of drug-likeness (QED) is 0.571. The van der Waals surface area contributed by atoms with E-state index in [9.17, 15) is 4.79 Å². The van der Waals surface area contributed by atoms with Crippen molar-refractivity contribution in [1.29, 1.82) is 0 Å². The third-order valence-electron chi connectivity index (χ3n) is 5.70. The number of anilines is 1. The van der Waals surface area contributed by atoms with Crippen LogP contribution in [0.5, 0.6) is 5.75 Å². The summed E-state index contributed by atoms with van der Waals surface area (Å²) in [6.07, 6.45) is 5.27. The summed E-state index contributed by atoms with van der Waals surface area (Å²) >= 11 is 1.34. The maximum Gasteiger partial charge on any atom is 0.264 e. The zero-order chi connectivity index (χ0) is 22.9. The van der Waals surface area contributed by atoms with Gasteiger partial charge in [-0.3, -0.25) is 4.79 Å². The first-order valence-corrected chi connectivity index (χ1v) is 11.7. The number of hydrogen-bond donors (Lipinski definition) is 1. The van der Waals surface area contributed by atoms with E-state index in [1.54, 1.807) is 7.11 Å². The van der Waals surface area contributed by atoms with E-state index in [1.165, 1.54) is 28.6 Å². The molecule has 0 aromatic heterocycles. The van der Waals surface area contributed by atoms with Crippen LogP contribution in [0.15, 0.2) is 58.4 Å². The second-order valence-corrected chi connectivity index (χ2v) is 9.59. The molecule has 0 aliphatic carbocycles. The van der Waals surface area contributed by atoms with Gasteiger partial charge in [-0.05, 0) is 68.8 Å². The highest BCUT2D eigenvalue weighted by atomic mass is 32.2. The molecule has 0 unspecified atom stereocenters. The number of nitrogens with zero attached hydrogens (tertiary/aromatic N) is 2. The predicted molar refractivity (Wildman–Crippen MR) is 136 cm³/mol. The lowest BCUT2D eigenvalue weighted by Crippen LogP contribution is -2.45. The van der Waals surface area contributed by atoms with E-state index in [0.29, 0.717) is 10.1 Å². The lowest BCUT2D eigenvalue weighted by Gasteiger charge is -2.43. The van der Waals surface area contributed by atoms with Gasteiger partial charge in [0.15, 0.2) is 5.17 Å². The molecule has 6 heteroatoms. The smallest absolute Gasteiger partial charge is 0.264 e. The summed E-state index contributed by atoms with van der Waals surface area (Å²) in [7, 11) is 1.68. The number of rotatable bonds is 5. The van der Waals surface area contributed by atoms with Gasteiger partial charge in [-0.15, -0.1) is 0 Å². The number of allylic oxidation sites excluding steroid dienone is 1. The summed E-state index contributed by atoms with van der Waals surface area (Å²) < 4.78 is 5.75. The molecular formula is C26H29N3O2S. The molecule has 0 atom stereocenters. The molecule has 0 radical (unpaired) electrons. The second-order valence-electron chi connectivity index (χ2n) is 8.56.